The third-order valence-electron chi connectivity index (χ3n) is 3.67. The van der Waals surface area contributed by atoms with Gasteiger partial charge in [-0.05, 0) is 56.2 Å². The van der Waals surface area contributed by atoms with Gasteiger partial charge in [-0.25, -0.2) is 0 Å². The Bertz CT molecular complexity index is 336. The van der Waals surface area contributed by atoms with Gasteiger partial charge in [0.15, 0.2) is 0 Å². The molecule has 1 aliphatic rings. The van der Waals surface area contributed by atoms with Gasteiger partial charge >= 0.3 is 0 Å². The average Bonchev–Trinajstić information content (AvgIpc) is 2.33. The number of hydrogen-bond acceptors (Lipinski definition) is 2. The second-order valence-corrected chi connectivity index (χ2v) is 5.36. The van der Waals surface area contributed by atoms with E-state index in [9.17, 15) is 0 Å². The van der Waals surface area contributed by atoms with Crippen LogP contribution in [-0.2, 0) is 0 Å². The summed E-state index contributed by atoms with van der Waals surface area (Å²) in [6.07, 6.45) is 5.38. The zero-order valence-electron chi connectivity index (χ0n) is 10.9. The molecule has 2 N–H and O–H groups in total. The second-order valence-electron chi connectivity index (χ2n) is 5.36. The molecule has 0 aliphatic heterocycles. The summed E-state index contributed by atoms with van der Waals surface area (Å²) in [6.45, 7) is 4.33. The van der Waals surface area contributed by atoms with Crippen molar-refractivity contribution in [3.05, 3.63) is 29.8 Å². The van der Waals surface area contributed by atoms with Crippen molar-refractivity contribution in [1.29, 1.82) is 0 Å². The number of rotatable bonds is 3. The Balaban J connectivity index is 1.90. The molecule has 1 fully saturated rings. The van der Waals surface area contributed by atoms with Crippen molar-refractivity contribution < 1.29 is 4.74 Å². The van der Waals surface area contributed by atoms with Gasteiger partial charge in [0.2, 0.25) is 0 Å². The highest BCUT2D eigenvalue weighted by molar-refractivity contribution is 5.28. The highest BCUT2D eigenvalue weighted by Crippen LogP contribution is 2.27. The molecule has 17 heavy (non-hydrogen) atoms. The molecule has 94 valence electrons. The Labute approximate surface area is 104 Å². The van der Waals surface area contributed by atoms with Crippen molar-refractivity contribution >= 4 is 0 Å². The Morgan fingerprint density at radius 3 is 2.24 bits per heavy atom. The fourth-order valence-electron chi connectivity index (χ4n) is 2.39. The SMILES string of the molecule is CC1CCC(Oc2ccc(C(C)N)cc2)CC1. The molecule has 2 nitrogen and oxygen atoms in total. The van der Waals surface area contributed by atoms with Crippen molar-refractivity contribution in [2.24, 2.45) is 11.7 Å². The van der Waals surface area contributed by atoms with E-state index < -0.39 is 0 Å². The maximum Gasteiger partial charge on any atom is 0.119 e. The molecule has 1 unspecified atom stereocenters. The van der Waals surface area contributed by atoms with Gasteiger partial charge in [-0.15, -0.1) is 0 Å². The van der Waals surface area contributed by atoms with Crippen LogP contribution in [0.2, 0.25) is 0 Å². The smallest absolute Gasteiger partial charge is 0.119 e. The van der Waals surface area contributed by atoms with E-state index in [0.29, 0.717) is 6.10 Å². The maximum absolute atomic E-state index is 6.00. The minimum atomic E-state index is 0.0968. The van der Waals surface area contributed by atoms with Crippen LogP contribution in [0.4, 0.5) is 0 Å². The molecule has 2 heteroatoms. The lowest BCUT2D eigenvalue weighted by molar-refractivity contribution is 0.135. The summed E-state index contributed by atoms with van der Waals surface area (Å²) in [5.41, 5.74) is 6.98. The monoisotopic (exact) mass is 233 g/mol. The van der Waals surface area contributed by atoms with Gasteiger partial charge in [-0.2, -0.15) is 0 Å². The third-order valence-corrected chi connectivity index (χ3v) is 3.67. The van der Waals surface area contributed by atoms with Gasteiger partial charge in [0, 0.05) is 6.04 Å². The van der Waals surface area contributed by atoms with Crippen molar-refractivity contribution in [3.8, 4) is 5.75 Å². The first kappa shape index (κ1) is 12.4. The first-order chi connectivity index (χ1) is 8.15. The molecule has 1 aromatic carbocycles. The molecule has 1 atom stereocenters. The minimum absolute atomic E-state index is 0.0968. The highest BCUT2D eigenvalue weighted by atomic mass is 16.5. The molecule has 0 spiro atoms. The molecule has 0 aromatic heterocycles. The van der Waals surface area contributed by atoms with Gasteiger partial charge < -0.3 is 10.5 Å². The first-order valence-corrected chi connectivity index (χ1v) is 6.67. The third kappa shape index (κ3) is 3.47. The molecule has 0 radical (unpaired) electrons. The molecule has 0 amide bonds. The summed E-state index contributed by atoms with van der Waals surface area (Å²) >= 11 is 0. The Hall–Kier alpha value is -1.02. The van der Waals surface area contributed by atoms with E-state index in [0.717, 1.165) is 17.2 Å². The van der Waals surface area contributed by atoms with Crippen LogP contribution in [0.15, 0.2) is 24.3 Å². The first-order valence-electron chi connectivity index (χ1n) is 6.67. The molecule has 2 rings (SSSR count). The number of nitrogens with two attached hydrogens (primary N) is 1. The van der Waals surface area contributed by atoms with Crippen LogP contribution in [-0.4, -0.2) is 6.10 Å². The van der Waals surface area contributed by atoms with Crippen LogP contribution in [0, 0.1) is 5.92 Å². The Morgan fingerprint density at radius 1 is 1.12 bits per heavy atom. The van der Waals surface area contributed by atoms with E-state index in [1.807, 2.05) is 19.1 Å². The maximum atomic E-state index is 6.00. The van der Waals surface area contributed by atoms with Crippen molar-refractivity contribution in [3.63, 3.8) is 0 Å². The normalized spacial score (nSPS) is 26.5. The largest absolute Gasteiger partial charge is 0.490 e. The van der Waals surface area contributed by atoms with Gasteiger partial charge in [0.25, 0.3) is 0 Å². The number of ether oxygens (including phenoxy) is 1. The molecule has 0 saturated heterocycles. The summed E-state index contributed by atoms with van der Waals surface area (Å²) in [5.74, 6) is 1.85. The summed E-state index contributed by atoms with van der Waals surface area (Å²) in [4.78, 5) is 0. The second kappa shape index (κ2) is 5.54. The van der Waals surface area contributed by atoms with Crippen molar-refractivity contribution in [1.82, 2.24) is 0 Å². The Kier molecular flexibility index (Phi) is 4.06. The van der Waals surface area contributed by atoms with Crippen LogP contribution in [0.1, 0.15) is 51.1 Å². The number of benzene rings is 1. The lowest BCUT2D eigenvalue weighted by Gasteiger charge is -2.27. The van der Waals surface area contributed by atoms with Crippen LogP contribution in [0.25, 0.3) is 0 Å². The molecular weight excluding hydrogens is 210 g/mol. The molecular formula is C15H23NO. The van der Waals surface area contributed by atoms with E-state index in [4.69, 9.17) is 10.5 Å². The fraction of sp³-hybridized carbons (Fsp3) is 0.600. The van der Waals surface area contributed by atoms with Gasteiger partial charge in [-0.1, -0.05) is 19.1 Å². The lowest BCUT2D eigenvalue weighted by Crippen LogP contribution is -2.23. The topological polar surface area (TPSA) is 35.2 Å². The molecule has 1 aromatic rings. The van der Waals surface area contributed by atoms with Gasteiger partial charge in [-0.3, -0.25) is 0 Å². The van der Waals surface area contributed by atoms with E-state index in [1.54, 1.807) is 0 Å². The zero-order valence-corrected chi connectivity index (χ0v) is 10.9. The summed E-state index contributed by atoms with van der Waals surface area (Å²) in [7, 11) is 0. The average molecular weight is 233 g/mol. The predicted molar refractivity (Wildman–Crippen MR) is 71.1 cm³/mol. The molecule has 0 heterocycles. The van der Waals surface area contributed by atoms with E-state index in [1.165, 1.54) is 25.7 Å². The van der Waals surface area contributed by atoms with Crippen molar-refractivity contribution in [2.75, 3.05) is 0 Å². The molecule has 0 bridgehead atoms. The van der Waals surface area contributed by atoms with Crippen LogP contribution < -0.4 is 10.5 Å². The van der Waals surface area contributed by atoms with E-state index >= 15 is 0 Å². The van der Waals surface area contributed by atoms with Gasteiger partial charge in [0.1, 0.15) is 5.75 Å². The summed E-state index contributed by atoms with van der Waals surface area (Å²) in [6, 6.07) is 8.30. The molecule has 1 saturated carbocycles. The van der Waals surface area contributed by atoms with E-state index in [2.05, 4.69) is 19.1 Å². The number of hydrogen-bond donors (Lipinski definition) is 1. The predicted octanol–water partition coefficient (Wildman–Crippen LogP) is 3.66. The molecule has 1 aliphatic carbocycles. The lowest BCUT2D eigenvalue weighted by atomic mass is 9.89. The fourth-order valence-corrected chi connectivity index (χ4v) is 2.39. The van der Waals surface area contributed by atoms with Crippen LogP contribution in [0.3, 0.4) is 0 Å². The van der Waals surface area contributed by atoms with Crippen LogP contribution in [0.5, 0.6) is 5.75 Å². The summed E-state index contributed by atoms with van der Waals surface area (Å²) in [5, 5.41) is 0. The van der Waals surface area contributed by atoms with Crippen LogP contribution >= 0.6 is 0 Å². The summed E-state index contributed by atoms with van der Waals surface area (Å²) < 4.78 is 6.00. The van der Waals surface area contributed by atoms with E-state index in [-0.39, 0.29) is 6.04 Å². The minimum Gasteiger partial charge on any atom is -0.490 e. The quantitative estimate of drug-likeness (QED) is 0.864. The standard InChI is InChI=1S/C15H23NO/c1-11-3-7-14(8-4-11)17-15-9-5-13(6-10-15)12(2)16/h5-6,9-12,14H,3-4,7-8,16H2,1-2H3. The van der Waals surface area contributed by atoms with Crippen molar-refractivity contribution in [2.45, 2.75) is 51.7 Å². The van der Waals surface area contributed by atoms with Gasteiger partial charge in [0.05, 0.1) is 6.10 Å². The Morgan fingerprint density at radius 2 is 1.71 bits per heavy atom. The highest BCUT2D eigenvalue weighted by Gasteiger charge is 2.19. The zero-order chi connectivity index (χ0) is 12.3.